The van der Waals surface area contributed by atoms with Crippen LogP contribution in [0.3, 0.4) is 0 Å². The van der Waals surface area contributed by atoms with Crippen LogP contribution in [-0.2, 0) is 23.2 Å². The van der Waals surface area contributed by atoms with Crippen LogP contribution in [0.2, 0.25) is 0 Å². The van der Waals surface area contributed by atoms with Gasteiger partial charge in [0.05, 0.1) is 12.1 Å². The first-order valence-electron chi connectivity index (χ1n) is 7.15. The fourth-order valence-corrected chi connectivity index (χ4v) is 2.92. The fourth-order valence-electron chi connectivity index (χ4n) is 2.22. The van der Waals surface area contributed by atoms with E-state index in [4.69, 9.17) is 9.84 Å². The summed E-state index contributed by atoms with van der Waals surface area (Å²) in [4.78, 5) is 15.0. The van der Waals surface area contributed by atoms with E-state index in [-0.39, 0.29) is 11.8 Å². The van der Waals surface area contributed by atoms with Gasteiger partial charge in [-0.2, -0.15) is 0 Å². The molecule has 118 valence electrons. The van der Waals surface area contributed by atoms with Gasteiger partial charge in [-0.1, -0.05) is 39.0 Å². The molecule has 0 aliphatic heterocycles. The molecule has 0 bridgehead atoms. The molecule has 2 aromatic rings. The van der Waals surface area contributed by atoms with Crippen molar-refractivity contribution in [2.75, 3.05) is 0 Å². The van der Waals surface area contributed by atoms with Gasteiger partial charge in [-0.05, 0) is 23.5 Å². The number of ether oxygens (including phenoxy) is 1. The molecular formula is C17H21NO3S. The number of hydrogen-bond acceptors (Lipinski definition) is 4. The highest BCUT2D eigenvalue weighted by Crippen LogP contribution is 2.34. The number of aliphatic carboxylic acids is 1. The Bertz CT molecular complexity index is 671. The predicted octanol–water partition coefficient (Wildman–Crippen LogP) is 3.96. The number of nitrogens with zero attached hydrogens (tertiary/aromatic N) is 1. The molecule has 22 heavy (non-hydrogen) atoms. The summed E-state index contributed by atoms with van der Waals surface area (Å²) in [7, 11) is 0. The van der Waals surface area contributed by atoms with Gasteiger partial charge < -0.3 is 9.84 Å². The van der Waals surface area contributed by atoms with E-state index in [9.17, 15) is 4.79 Å². The maximum Gasteiger partial charge on any atom is 0.309 e. The molecule has 0 radical (unpaired) electrons. The normalized spacial score (nSPS) is 11.5. The van der Waals surface area contributed by atoms with E-state index in [1.165, 1.54) is 11.3 Å². The van der Waals surface area contributed by atoms with Crippen LogP contribution in [0.4, 0.5) is 0 Å². The Balaban J connectivity index is 2.15. The lowest BCUT2D eigenvalue weighted by Gasteiger charge is -2.24. The lowest BCUT2D eigenvalue weighted by Crippen LogP contribution is -2.14. The number of carbonyl (C=O) groups is 1. The Morgan fingerprint density at radius 2 is 2.09 bits per heavy atom. The van der Waals surface area contributed by atoms with Gasteiger partial charge in [0.2, 0.25) is 0 Å². The lowest BCUT2D eigenvalue weighted by atomic mass is 9.85. The highest BCUT2D eigenvalue weighted by molar-refractivity contribution is 7.09. The highest BCUT2D eigenvalue weighted by Gasteiger charge is 2.20. The Labute approximate surface area is 134 Å². The van der Waals surface area contributed by atoms with Crippen molar-refractivity contribution >= 4 is 17.3 Å². The summed E-state index contributed by atoms with van der Waals surface area (Å²) >= 11 is 1.43. The molecule has 1 heterocycles. The van der Waals surface area contributed by atoms with Gasteiger partial charge in [0, 0.05) is 5.38 Å². The van der Waals surface area contributed by atoms with Crippen molar-refractivity contribution in [2.24, 2.45) is 0 Å². The van der Waals surface area contributed by atoms with Crippen LogP contribution in [0, 0.1) is 6.92 Å². The molecule has 0 aliphatic rings. The second kappa shape index (κ2) is 6.48. The zero-order chi connectivity index (χ0) is 16.3. The average molecular weight is 319 g/mol. The molecule has 5 heteroatoms. The van der Waals surface area contributed by atoms with Crippen LogP contribution in [0.25, 0.3) is 0 Å². The Morgan fingerprint density at radius 3 is 2.73 bits per heavy atom. The van der Waals surface area contributed by atoms with E-state index in [0.717, 1.165) is 21.9 Å². The number of carboxylic acids is 1. The van der Waals surface area contributed by atoms with Crippen LogP contribution in [-0.4, -0.2) is 16.1 Å². The fraction of sp³-hybridized carbons (Fsp3) is 0.412. The summed E-state index contributed by atoms with van der Waals surface area (Å²) in [6, 6.07) is 6.15. The minimum absolute atomic E-state index is 0.00129. The third-order valence-electron chi connectivity index (χ3n) is 3.29. The Kier molecular flexibility index (Phi) is 4.86. The zero-order valence-corrected chi connectivity index (χ0v) is 14.2. The largest absolute Gasteiger partial charge is 0.486 e. The topological polar surface area (TPSA) is 59.4 Å². The number of hydrogen-bond donors (Lipinski definition) is 1. The van der Waals surface area contributed by atoms with Gasteiger partial charge in [0.15, 0.2) is 0 Å². The number of thiazole rings is 1. The number of aromatic nitrogens is 1. The van der Waals surface area contributed by atoms with E-state index in [0.29, 0.717) is 12.3 Å². The quantitative estimate of drug-likeness (QED) is 0.906. The van der Waals surface area contributed by atoms with Crippen molar-refractivity contribution in [1.29, 1.82) is 0 Å². The van der Waals surface area contributed by atoms with Gasteiger partial charge >= 0.3 is 5.97 Å². The maximum absolute atomic E-state index is 10.7. The third-order valence-corrected chi connectivity index (χ3v) is 4.16. The third kappa shape index (κ3) is 4.07. The monoisotopic (exact) mass is 319 g/mol. The molecule has 2 rings (SSSR count). The van der Waals surface area contributed by atoms with Crippen molar-refractivity contribution in [2.45, 2.75) is 46.1 Å². The Morgan fingerprint density at radius 1 is 1.36 bits per heavy atom. The van der Waals surface area contributed by atoms with E-state index >= 15 is 0 Å². The van der Waals surface area contributed by atoms with Crippen molar-refractivity contribution in [3.63, 3.8) is 0 Å². The summed E-state index contributed by atoms with van der Waals surface area (Å²) in [5, 5.41) is 11.3. The summed E-state index contributed by atoms with van der Waals surface area (Å²) < 4.78 is 6.00. The summed E-state index contributed by atoms with van der Waals surface area (Å²) in [5.74, 6) is 0.0247. The molecule has 0 amide bonds. The maximum atomic E-state index is 10.7. The number of carboxylic acid groups (broad SMARTS) is 1. The van der Waals surface area contributed by atoms with Crippen LogP contribution < -0.4 is 4.74 Å². The zero-order valence-electron chi connectivity index (χ0n) is 13.3. The molecule has 4 nitrogen and oxygen atoms in total. The molecule has 0 saturated carbocycles. The standard InChI is InChI=1S/C17H21NO3S/c1-11-6-5-7-13(17(2,3)4)16(11)21-9-14-18-12(10-22-14)8-15(19)20/h5-7,10H,8-9H2,1-4H3,(H,19,20). The smallest absolute Gasteiger partial charge is 0.309 e. The Hall–Kier alpha value is -1.88. The van der Waals surface area contributed by atoms with E-state index in [2.05, 4.69) is 31.8 Å². The van der Waals surface area contributed by atoms with Crippen molar-refractivity contribution in [1.82, 2.24) is 4.98 Å². The number of rotatable bonds is 5. The molecule has 1 N–H and O–H groups in total. The van der Waals surface area contributed by atoms with Crippen LogP contribution in [0.1, 0.15) is 42.6 Å². The first-order chi connectivity index (χ1) is 10.3. The predicted molar refractivity (Wildman–Crippen MR) is 87.7 cm³/mol. The molecule has 0 fully saturated rings. The molecule has 0 atom stereocenters. The van der Waals surface area contributed by atoms with Gasteiger partial charge in [-0.25, -0.2) is 4.98 Å². The minimum atomic E-state index is -0.869. The van der Waals surface area contributed by atoms with E-state index in [1.807, 2.05) is 19.1 Å². The first kappa shape index (κ1) is 16.5. The van der Waals surface area contributed by atoms with Crippen molar-refractivity contribution in [3.05, 3.63) is 45.4 Å². The van der Waals surface area contributed by atoms with Gasteiger partial charge in [0.1, 0.15) is 17.4 Å². The summed E-state index contributed by atoms with van der Waals surface area (Å²) in [5.41, 5.74) is 2.83. The van der Waals surface area contributed by atoms with Gasteiger partial charge in [-0.15, -0.1) is 11.3 Å². The average Bonchev–Trinajstić information content (AvgIpc) is 2.82. The molecular weight excluding hydrogens is 298 g/mol. The van der Waals surface area contributed by atoms with Crippen molar-refractivity contribution in [3.8, 4) is 5.75 Å². The van der Waals surface area contributed by atoms with Crippen LogP contribution in [0.5, 0.6) is 5.75 Å². The lowest BCUT2D eigenvalue weighted by molar-refractivity contribution is -0.136. The molecule has 0 saturated heterocycles. The molecule has 1 aromatic heterocycles. The molecule has 0 aliphatic carbocycles. The highest BCUT2D eigenvalue weighted by atomic mass is 32.1. The number of aryl methyl sites for hydroxylation is 1. The SMILES string of the molecule is Cc1cccc(C(C)(C)C)c1OCc1nc(CC(=O)O)cs1. The molecule has 0 unspecified atom stereocenters. The number of para-hydroxylation sites is 1. The van der Waals surface area contributed by atoms with Gasteiger partial charge in [0.25, 0.3) is 0 Å². The second-order valence-corrected chi connectivity index (χ2v) is 7.24. The number of benzene rings is 1. The second-order valence-electron chi connectivity index (χ2n) is 6.29. The molecule has 1 aromatic carbocycles. The van der Waals surface area contributed by atoms with E-state index < -0.39 is 5.97 Å². The van der Waals surface area contributed by atoms with Crippen LogP contribution in [0.15, 0.2) is 23.6 Å². The van der Waals surface area contributed by atoms with Crippen LogP contribution >= 0.6 is 11.3 Å². The van der Waals surface area contributed by atoms with Gasteiger partial charge in [-0.3, -0.25) is 4.79 Å². The summed E-state index contributed by atoms with van der Waals surface area (Å²) in [6.07, 6.45) is -0.0475. The first-order valence-corrected chi connectivity index (χ1v) is 8.03. The summed E-state index contributed by atoms with van der Waals surface area (Å²) in [6.45, 7) is 8.86. The van der Waals surface area contributed by atoms with Crippen molar-refractivity contribution < 1.29 is 14.6 Å². The minimum Gasteiger partial charge on any atom is -0.486 e. The van der Waals surface area contributed by atoms with E-state index in [1.54, 1.807) is 5.38 Å². The molecule has 0 spiro atoms.